The average Bonchev–Trinajstić information content (AvgIpc) is 3.55. The van der Waals surface area contributed by atoms with Crippen LogP contribution in [0.1, 0.15) is 112 Å². The first-order valence-electron chi connectivity index (χ1n) is 22.2. The van der Waals surface area contributed by atoms with Gasteiger partial charge in [0.25, 0.3) is 0 Å². The number of ether oxygens (including phenoxy) is 5. The van der Waals surface area contributed by atoms with Crippen molar-refractivity contribution >= 4 is 28.1 Å². The van der Waals surface area contributed by atoms with Gasteiger partial charge in [-0.25, -0.2) is 0 Å². The fraction of sp³-hybridized carbons (Fsp3) is 0.462. The highest BCUT2D eigenvalue weighted by Crippen LogP contribution is 2.62. The second kappa shape index (κ2) is 17.0. The molecule has 0 amide bonds. The summed E-state index contributed by atoms with van der Waals surface area (Å²) >= 11 is 0. The summed E-state index contributed by atoms with van der Waals surface area (Å²) in [5, 5.41) is 2.39. The number of nitrogens with zero attached hydrogens (tertiary/aromatic N) is 1. The molecule has 4 aromatic rings. The Labute approximate surface area is 345 Å². The number of rotatable bonds is 12. The van der Waals surface area contributed by atoms with Crippen LogP contribution in [-0.4, -0.2) is 53.2 Å². The van der Waals surface area contributed by atoms with Gasteiger partial charge in [-0.2, -0.15) is 0 Å². The van der Waals surface area contributed by atoms with E-state index in [0.29, 0.717) is 19.1 Å². The van der Waals surface area contributed by atoms with Crippen molar-refractivity contribution in [2.24, 2.45) is 5.92 Å². The molecular formula is C52H61NO5. The molecule has 0 N–H and O–H groups in total. The number of anilines is 1. The minimum absolute atomic E-state index is 0.00909. The van der Waals surface area contributed by atoms with Crippen molar-refractivity contribution in [2.45, 2.75) is 95.5 Å². The molecule has 5 aliphatic rings. The van der Waals surface area contributed by atoms with Gasteiger partial charge in [0, 0.05) is 52.9 Å². The fourth-order valence-electron chi connectivity index (χ4n) is 10.5. The molecule has 3 aliphatic carbocycles. The molecule has 0 aromatic heterocycles. The predicted molar refractivity (Wildman–Crippen MR) is 237 cm³/mol. The van der Waals surface area contributed by atoms with Gasteiger partial charge >= 0.3 is 0 Å². The predicted octanol–water partition coefficient (Wildman–Crippen LogP) is 12.0. The number of hydrogen-bond acceptors (Lipinski definition) is 6. The molecule has 1 spiro atoms. The Morgan fingerprint density at radius 2 is 1.50 bits per heavy atom. The van der Waals surface area contributed by atoms with Crippen LogP contribution in [0.4, 0.5) is 5.69 Å². The summed E-state index contributed by atoms with van der Waals surface area (Å²) in [4.78, 5) is 2.41. The molecule has 58 heavy (non-hydrogen) atoms. The van der Waals surface area contributed by atoms with Crippen LogP contribution in [0.15, 0.2) is 90.5 Å². The summed E-state index contributed by atoms with van der Waals surface area (Å²) < 4.78 is 31.4. The van der Waals surface area contributed by atoms with Crippen molar-refractivity contribution in [1.29, 1.82) is 0 Å². The number of methoxy groups -OCH3 is 1. The third-order valence-electron chi connectivity index (χ3n) is 13.4. The largest absolute Gasteiger partial charge is 0.497 e. The summed E-state index contributed by atoms with van der Waals surface area (Å²) in [6.07, 6.45) is 23.0. The highest BCUT2D eigenvalue weighted by molar-refractivity contribution is 6.07. The van der Waals surface area contributed by atoms with E-state index in [1.807, 2.05) is 0 Å². The van der Waals surface area contributed by atoms with Gasteiger partial charge in [0.05, 0.1) is 26.9 Å². The summed E-state index contributed by atoms with van der Waals surface area (Å²) in [6, 6.07) is 24.2. The van der Waals surface area contributed by atoms with Crippen molar-refractivity contribution in [1.82, 2.24) is 0 Å². The second-order valence-corrected chi connectivity index (χ2v) is 17.4. The van der Waals surface area contributed by atoms with E-state index in [9.17, 15) is 0 Å². The van der Waals surface area contributed by atoms with Gasteiger partial charge in [0.2, 0.25) is 0 Å². The van der Waals surface area contributed by atoms with Crippen LogP contribution in [0.3, 0.4) is 0 Å². The molecule has 6 heteroatoms. The monoisotopic (exact) mass is 779 g/mol. The summed E-state index contributed by atoms with van der Waals surface area (Å²) in [5.41, 5.74) is 9.80. The van der Waals surface area contributed by atoms with Crippen LogP contribution in [0.5, 0.6) is 17.2 Å². The number of benzene rings is 4. The Balaban J connectivity index is 1.14. The topological polar surface area (TPSA) is 49.4 Å². The van der Waals surface area contributed by atoms with Crippen LogP contribution in [-0.2, 0) is 20.5 Å². The van der Waals surface area contributed by atoms with Gasteiger partial charge in [0.1, 0.15) is 23.9 Å². The third-order valence-corrected chi connectivity index (χ3v) is 13.4. The van der Waals surface area contributed by atoms with Crippen LogP contribution in [0.25, 0.3) is 22.4 Å². The average molecular weight is 780 g/mol. The van der Waals surface area contributed by atoms with Gasteiger partial charge in [-0.1, -0.05) is 88.4 Å². The van der Waals surface area contributed by atoms with E-state index in [4.69, 9.17) is 23.7 Å². The number of morpholine rings is 1. The minimum atomic E-state index is -0.877. The van der Waals surface area contributed by atoms with Crippen molar-refractivity contribution in [3.8, 4) is 17.2 Å². The maximum atomic E-state index is 7.78. The summed E-state index contributed by atoms with van der Waals surface area (Å²) in [7, 11) is 1.76. The van der Waals surface area contributed by atoms with E-state index in [-0.39, 0.29) is 5.41 Å². The molecule has 2 fully saturated rings. The molecule has 0 bridgehead atoms. The maximum absolute atomic E-state index is 7.78. The lowest BCUT2D eigenvalue weighted by Crippen LogP contribution is -2.37. The molecule has 2 aliphatic heterocycles. The quantitative estimate of drug-likeness (QED) is 0.134. The first-order chi connectivity index (χ1) is 28.5. The molecule has 304 valence electrons. The Morgan fingerprint density at radius 3 is 2.24 bits per heavy atom. The van der Waals surface area contributed by atoms with Crippen LogP contribution < -0.4 is 19.1 Å². The van der Waals surface area contributed by atoms with E-state index in [1.54, 1.807) is 18.3 Å². The lowest BCUT2D eigenvalue weighted by Gasteiger charge is -2.41. The highest BCUT2D eigenvalue weighted by atomic mass is 16.5. The number of fused-ring (bicyclic) bond motifs is 9. The van der Waals surface area contributed by atoms with E-state index >= 15 is 0 Å². The Kier molecular flexibility index (Phi) is 11.4. The maximum Gasteiger partial charge on any atom is 0.178 e. The lowest BCUT2D eigenvalue weighted by atomic mass is 9.66. The minimum Gasteiger partial charge on any atom is -0.497 e. The molecule has 0 radical (unpaired) electrons. The fourth-order valence-corrected chi connectivity index (χ4v) is 10.5. The molecule has 9 rings (SSSR count). The Hall–Kier alpha value is -4.52. The van der Waals surface area contributed by atoms with Crippen LogP contribution in [0.2, 0.25) is 0 Å². The van der Waals surface area contributed by atoms with E-state index in [2.05, 4.69) is 110 Å². The summed E-state index contributed by atoms with van der Waals surface area (Å²) in [5.74, 6) is 3.32. The van der Waals surface area contributed by atoms with E-state index in [0.717, 1.165) is 85.9 Å². The highest BCUT2D eigenvalue weighted by Gasteiger charge is 2.49. The molecule has 1 saturated carbocycles. The Morgan fingerprint density at radius 1 is 0.776 bits per heavy atom. The summed E-state index contributed by atoms with van der Waals surface area (Å²) in [6.45, 7) is 9.69. The smallest absolute Gasteiger partial charge is 0.178 e. The van der Waals surface area contributed by atoms with Gasteiger partial charge in [-0.15, -0.1) is 0 Å². The third kappa shape index (κ3) is 7.25. The van der Waals surface area contributed by atoms with Gasteiger partial charge in [-0.05, 0) is 121 Å². The molecule has 4 aromatic carbocycles. The second-order valence-electron chi connectivity index (χ2n) is 17.4. The molecule has 1 atom stereocenters. The SMILES string of the molecule is COc1ccc2c3c(c4c(c2c1)OC(c1ccc(OCCOCCCC(C)C)cc1)(c1ccc(N2CCOCC2)cc1)C=C4)C1(CCCCCCC1)C1=C3CCC=C1. The van der Waals surface area contributed by atoms with Crippen molar-refractivity contribution < 1.29 is 23.7 Å². The first kappa shape index (κ1) is 39.0. The molecule has 1 unspecified atom stereocenters. The normalized spacial score (nSPS) is 21.1. The standard InChI is InChI=1S/C52H61NO5/c1-37(2)12-11-31-55-34-35-57-41-21-17-39(18-22-41)52(38-15-19-40(20-16-38)53-29-32-56-33-30-53)28-25-45-49-48(43-24-23-42(54-3)36-46(43)50(45)58-52)44-13-7-8-14-47(44)51(49)26-9-5-4-6-10-27-51/h8,14-25,28,36-37H,4-7,9-13,26-27,29-35H2,1-3H3. The van der Waals surface area contributed by atoms with Gasteiger partial charge in [-0.3, -0.25) is 0 Å². The molecule has 1 saturated heterocycles. The van der Waals surface area contributed by atoms with Gasteiger partial charge in [0.15, 0.2) is 5.60 Å². The van der Waals surface area contributed by atoms with E-state index in [1.165, 1.54) is 79.1 Å². The Bertz CT molecular complexity index is 2170. The van der Waals surface area contributed by atoms with Crippen LogP contribution >= 0.6 is 0 Å². The van der Waals surface area contributed by atoms with Crippen molar-refractivity contribution in [2.75, 3.05) is 58.1 Å². The zero-order chi connectivity index (χ0) is 39.5. The zero-order valence-electron chi connectivity index (χ0n) is 35.0. The zero-order valence-corrected chi connectivity index (χ0v) is 35.0. The molecule has 2 heterocycles. The van der Waals surface area contributed by atoms with Gasteiger partial charge < -0.3 is 28.6 Å². The van der Waals surface area contributed by atoms with Crippen LogP contribution in [0, 0.1) is 5.92 Å². The molecule has 6 nitrogen and oxygen atoms in total. The lowest BCUT2D eigenvalue weighted by molar-refractivity contribution is 0.0957. The number of allylic oxidation sites excluding steroid dienone is 4. The van der Waals surface area contributed by atoms with E-state index < -0.39 is 5.60 Å². The number of hydrogen-bond donors (Lipinski definition) is 0. The first-order valence-corrected chi connectivity index (χ1v) is 22.2. The van der Waals surface area contributed by atoms with Crippen molar-refractivity contribution in [3.63, 3.8) is 0 Å². The van der Waals surface area contributed by atoms with Crippen molar-refractivity contribution in [3.05, 3.63) is 118 Å². The molecular weight excluding hydrogens is 719 g/mol.